The van der Waals surface area contributed by atoms with E-state index >= 15 is 0 Å². The number of aromatic nitrogens is 3. The molecule has 0 fully saturated rings. The van der Waals surface area contributed by atoms with Crippen molar-refractivity contribution in [2.75, 3.05) is 17.2 Å². The molecule has 0 unspecified atom stereocenters. The number of carboxylic acids is 1. The maximum Gasteiger partial charge on any atom is 0.303 e. The minimum atomic E-state index is -0.711. The van der Waals surface area contributed by atoms with Crippen LogP contribution >= 0.6 is 11.6 Å². The molecule has 1 rings (SSSR count). The zero-order chi connectivity index (χ0) is 15.5. The highest BCUT2D eigenvalue weighted by molar-refractivity contribution is 6.28. The molecule has 0 saturated carbocycles. The maximum absolute atomic E-state index is 9.60. The van der Waals surface area contributed by atoms with Crippen LogP contribution in [0.15, 0.2) is 0 Å². The molecule has 0 bridgehead atoms. The second-order valence-corrected chi connectivity index (χ2v) is 4.56. The zero-order valence-electron chi connectivity index (χ0n) is 12.3. The molecule has 8 heteroatoms. The molecule has 0 spiro atoms. The van der Waals surface area contributed by atoms with Crippen LogP contribution in [0, 0.1) is 0 Å². The van der Waals surface area contributed by atoms with Gasteiger partial charge in [-0.15, -0.1) is 0 Å². The Balaban J connectivity index is 0.000000511. The number of aliphatic carboxylic acids is 1. The minimum Gasteiger partial charge on any atom is -0.481 e. The van der Waals surface area contributed by atoms with Crippen LogP contribution in [0.1, 0.15) is 40.5 Å². The highest BCUT2D eigenvalue weighted by Crippen LogP contribution is 2.09. The Morgan fingerprint density at radius 2 is 1.85 bits per heavy atom. The molecule has 20 heavy (non-hydrogen) atoms. The molecule has 1 aromatic rings. The molecule has 0 saturated heterocycles. The number of rotatable bonds is 6. The Morgan fingerprint density at radius 3 is 2.25 bits per heavy atom. The molecule has 0 aliphatic carbocycles. The molecule has 0 atom stereocenters. The minimum absolute atomic E-state index is 0.194. The lowest BCUT2D eigenvalue weighted by atomic mass is 10.4. The second-order valence-electron chi connectivity index (χ2n) is 4.22. The SMILES string of the molecule is CCCC(=O)O.CCNc1nc(Cl)nc(NC(C)C)n1. The predicted octanol–water partition coefficient (Wildman–Crippen LogP) is 2.65. The van der Waals surface area contributed by atoms with Gasteiger partial charge in [0.05, 0.1) is 0 Å². The molecule has 0 aliphatic rings. The molecule has 0 amide bonds. The Bertz CT molecular complexity index is 415. The van der Waals surface area contributed by atoms with E-state index in [1.165, 1.54) is 0 Å². The van der Waals surface area contributed by atoms with Crippen LogP contribution < -0.4 is 10.6 Å². The zero-order valence-corrected chi connectivity index (χ0v) is 13.0. The van der Waals surface area contributed by atoms with Crippen LogP contribution in [0.3, 0.4) is 0 Å². The number of nitrogens with zero attached hydrogens (tertiary/aromatic N) is 3. The fourth-order valence-corrected chi connectivity index (χ4v) is 1.28. The third-order valence-corrected chi connectivity index (χ3v) is 1.99. The van der Waals surface area contributed by atoms with Crippen LogP contribution in [0.4, 0.5) is 11.9 Å². The molecule has 114 valence electrons. The van der Waals surface area contributed by atoms with Gasteiger partial charge >= 0.3 is 5.97 Å². The predicted molar refractivity (Wildman–Crippen MR) is 80.3 cm³/mol. The van der Waals surface area contributed by atoms with Gasteiger partial charge in [-0.25, -0.2) is 0 Å². The first-order chi connectivity index (χ1) is 9.38. The summed E-state index contributed by atoms with van der Waals surface area (Å²) >= 11 is 5.73. The van der Waals surface area contributed by atoms with Gasteiger partial charge in [-0.05, 0) is 38.8 Å². The lowest BCUT2D eigenvalue weighted by Crippen LogP contribution is -2.14. The first-order valence-electron chi connectivity index (χ1n) is 6.52. The molecule has 1 heterocycles. The molecule has 0 radical (unpaired) electrons. The summed E-state index contributed by atoms with van der Waals surface area (Å²) in [5.41, 5.74) is 0. The third kappa shape index (κ3) is 9.32. The first kappa shape index (κ1) is 18.4. The third-order valence-electron chi connectivity index (χ3n) is 1.82. The smallest absolute Gasteiger partial charge is 0.303 e. The van der Waals surface area contributed by atoms with E-state index in [1.54, 1.807) is 0 Å². The van der Waals surface area contributed by atoms with Crippen molar-refractivity contribution >= 4 is 29.5 Å². The van der Waals surface area contributed by atoms with Gasteiger partial charge in [0.1, 0.15) is 0 Å². The van der Waals surface area contributed by atoms with Gasteiger partial charge in [0.2, 0.25) is 17.2 Å². The monoisotopic (exact) mass is 303 g/mol. The molecular weight excluding hydrogens is 282 g/mol. The summed E-state index contributed by atoms with van der Waals surface area (Å²) in [6.07, 6.45) is 1.02. The topological polar surface area (TPSA) is 100 Å². The number of nitrogens with one attached hydrogen (secondary N) is 2. The van der Waals surface area contributed by atoms with Gasteiger partial charge in [0.15, 0.2) is 0 Å². The van der Waals surface area contributed by atoms with Crippen LogP contribution in [0.25, 0.3) is 0 Å². The summed E-state index contributed by atoms with van der Waals surface area (Å²) < 4.78 is 0. The summed E-state index contributed by atoms with van der Waals surface area (Å²) in [4.78, 5) is 21.6. The van der Waals surface area contributed by atoms with Gasteiger partial charge in [-0.2, -0.15) is 15.0 Å². The van der Waals surface area contributed by atoms with Crippen molar-refractivity contribution in [3.63, 3.8) is 0 Å². The number of hydrogen-bond donors (Lipinski definition) is 3. The first-order valence-corrected chi connectivity index (χ1v) is 6.90. The van der Waals surface area contributed by atoms with Gasteiger partial charge in [0, 0.05) is 19.0 Å². The number of anilines is 2. The molecule has 0 aliphatic heterocycles. The van der Waals surface area contributed by atoms with E-state index in [9.17, 15) is 4.79 Å². The normalized spacial score (nSPS) is 9.70. The highest BCUT2D eigenvalue weighted by Gasteiger charge is 2.04. The number of hydrogen-bond acceptors (Lipinski definition) is 6. The van der Waals surface area contributed by atoms with Crippen LogP contribution in [-0.4, -0.2) is 38.6 Å². The van der Waals surface area contributed by atoms with Crippen molar-refractivity contribution in [3.05, 3.63) is 5.28 Å². The molecule has 1 aromatic heterocycles. The van der Waals surface area contributed by atoms with E-state index in [2.05, 4.69) is 25.6 Å². The summed E-state index contributed by atoms with van der Waals surface area (Å²) in [7, 11) is 0. The van der Waals surface area contributed by atoms with Crippen LogP contribution in [0.5, 0.6) is 0 Å². The van der Waals surface area contributed by atoms with Gasteiger partial charge < -0.3 is 15.7 Å². The molecular formula is C12H22ClN5O2. The fourth-order valence-electron chi connectivity index (χ4n) is 1.12. The fraction of sp³-hybridized carbons (Fsp3) is 0.667. The van der Waals surface area contributed by atoms with Gasteiger partial charge in [0.25, 0.3) is 0 Å². The van der Waals surface area contributed by atoms with Crippen molar-refractivity contribution in [2.24, 2.45) is 0 Å². The van der Waals surface area contributed by atoms with Crippen molar-refractivity contribution in [1.29, 1.82) is 0 Å². The maximum atomic E-state index is 9.60. The van der Waals surface area contributed by atoms with E-state index in [0.29, 0.717) is 18.3 Å². The standard InChI is InChI=1S/C8H14ClN5.C4H8O2/c1-4-10-7-12-6(9)13-8(14-7)11-5(2)3;1-2-3-4(5)6/h5H,4H2,1-3H3,(H2,10,11,12,13,14);2-3H2,1H3,(H,5,6). The molecule has 0 aromatic carbocycles. The largest absolute Gasteiger partial charge is 0.481 e. The van der Waals surface area contributed by atoms with E-state index in [-0.39, 0.29) is 11.3 Å². The van der Waals surface area contributed by atoms with E-state index in [4.69, 9.17) is 16.7 Å². The molecule has 3 N–H and O–H groups in total. The summed E-state index contributed by atoms with van der Waals surface area (Å²) in [5.74, 6) is 0.282. The lowest BCUT2D eigenvalue weighted by Gasteiger charge is -2.09. The van der Waals surface area contributed by atoms with Crippen molar-refractivity contribution in [2.45, 2.75) is 46.6 Å². The quantitative estimate of drug-likeness (QED) is 0.742. The lowest BCUT2D eigenvalue weighted by molar-refractivity contribution is -0.137. The number of halogens is 1. The Morgan fingerprint density at radius 1 is 1.25 bits per heavy atom. The summed E-state index contributed by atoms with van der Waals surface area (Å²) in [6.45, 7) is 8.57. The average Bonchev–Trinajstić information content (AvgIpc) is 2.27. The van der Waals surface area contributed by atoms with Crippen LogP contribution in [0.2, 0.25) is 5.28 Å². The van der Waals surface area contributed by atoms with Crippen LogP contribution in [-0.2, 0) is 4.79 Å². The Labute approximate surface area is 124 Å². The van der Waals surface area contributed by atoms with Gasteiger partial charge in [-0.1, -0.05) is 6.92 Å². The molecule has 7 nitrogen and oxygen atoms in total. The van der Waals surface area contributed by atoms with Gasteiger partial charge in [-0.3, -0.25) is 4.79 Å². The number of carboxylic acid groups (broad SMARTS) is 1. The number of carbonyl (C=O) groups is 1. The Kier molecular flexibility index (Phi) is 9.36. The van der Waals surface area contributed by atoms with Crippen molar-refractivity contribution in [3.8, 4) is 0 Å². The second kappa shape index (κ2) is 10.2. The highest BCUT2D eigenvalue weighted by atomic mass is 35.5. The van der Waals surface area contributed by atoms with E-state index < -0.39 is 5.97 Å². The van der Waals surface area contributed by atoms with Crippen molar-refractivity contribution in [1.82, 2.24) is 15.0 Å². The van der Waals surface area contributed by atoms with Crippen molar-refractivity contribution < 1.29 is 9.90 Å². The summed E-state index contributed by atoms with van der Waals surface area (Å²) in [5, 5.41) is 14.1. The van der Waals surface area contributed by atoms with E-state index in [0.717, 1.165) is 13.0 Å². The summed E-state index contributed by atoms with van der Waals surface area (Å²) in [6, 6.07) is 0.267. The Hall–Kier alpha value is -1.63. The average molecular weight is 304 g/mol. The van der Waals surface area contributed by atoms with E-state index in [1.807, 2.05) is 27.7 Å².